The number of halogens is 2. The Hall–Kier alpha value is -2.55. The van der Waals surface area contributed by atoms with Crippen molar-refractivity contribution in [3.05, 3.63) is 69.5 Å². The maximum Gasteiger partial charge on any atom is 0.253 e. The number of carbonyl (C=O) groups is 2. The van der Waals surface area contributed by atoms with Gasteiger partial charge in [0.2, 0.25) is 5.91 Å². The highest BCUT2D eigenvalue weighted by atomic mass is 35.5. The summed E-state index contributed by atoms with van der Waals surface area (Å²) in [5, 5.41) is 16.0. The van der Waals surface area contributed by atoms with E-state index >= 15 is 0 Å². The maximum absolute atomic E-state index is 13.0. The minimum atomic E-state index is -0.377. The molecule has 35 heavy (non-hydrogen) atoms. The van der Waals surface area contributed by atoms with Gasteiger partial charge in [-0.25, -0.2) is 0 Å². The molecular formula is C25H29Cl2N5O2S. The summed E-state index contributed by atoms with van der Waals surface area (Å²) in [5.41, 5.74) is 2.22. The van der Waals surface area contributed by atoms with Gasteiger partial charge in [-0.1, -0.05) is 66.5 Å². The van der Waals surface area contributed by atoms with Crippen molar-refractivity contribution < 1.29 is 9.59 Å². The zero-order valence-corrected chi connectivity index (χ0v) is 22.5. The van der Waals surface area contributed by atoms with Crippen LogP contribution in [0.15, 0.2) is 47.6 Å². The fourth-order valence-corrected chi connectivity index (χ4v) is 4.84. The van der Waals surface area contributed by atoms with E-state index < -0.39 is 0 Å². The Morgan fingerprint density at radius 1 is 1.09 bits per heavy atom. The molecule has 3 aromatic rings. The molecule has 2 amide bonds. The standard InChI is InChI=1S/C25H29Cl2N5O2S/c1-5-32-23(21(12-15(2)3)29-24(34)19-11-8-17(26)13-20(19)27)30-31-25(32)35-14-22(33)28-18-9-6-16(4)7-10-18/h6-11,13,15,21H,5,12,14H2,1-4H3,(H,28,33)(H,29,34)/t21-/m0/s1. The van der Waals surface area contributed by atoms with Crippen molar-refractivity contribution in [1.29, 1.82) is 0 Å². The van der Waals surface area contributed by atoms with Crippen LogP contribution in [0, 0.1) is 12.8 Å². The molecule has 0 fully saturated rings. The smallest absolute Gasteiger partial charge is 0.253 e. The van der Waals surface area contributed by atoms with Crippen LogP contribution in [0.4, 0.5) is 5.69 Å². The molecule has 0 spiro atoms. The van der Waals surface area contributed by atoms with E-state index in [2.05, 4.69) is 34.7 Å². The molecule has 1 heterocycles. The number of hydrogen-bond acceptors (Lipinski definition) is 5. The predicted molar refractivity (Wildman–Crippen MR) is 142 cm³/mol. The fraction of sp³-hybridized carbons (Fsp3) is 0.360. The molecule has 0 saturated carbocycles. The molecule has 0 radical (unpaired) electrons. The van der Waals surface area contributed by atoms with Gasteiger partial charge in [0, 0.05) is 17.3 Å². The Labute approximate surface area is 220 Å². The van der Waals surface area contributed by atoms with Crippen LogP contribution in [0.5, 0.6) is 0 Å². The monoisotopic (exact) mass is 533 g/mol. The van der Waals surface area contributed by atoms with Crippen molar-refractivity contribution in [1.82, 2.24) is 20.1 Å². The van der Waals surface area contributed by atoms with Gasteiger partial charge in [0.15, 0.2) is 11.0 Å². The number of hydrogen-bond donors (Lipinski definition) is 2. The van der Waals surface area contributed by atoms with E-state index in [1.54, 1.807) is 18.2 Å². The van der Waals surface area contributed by atoms with Gasteiger partial charge in [-0.15, -0.1) is 10.2 Å². The molecule has 0 bridgehead atoms. The topological polar surface area (TPSA) is 88.9 Å². The van der Waals surface area contributed by atoms with Crippen LogP contribution >= 0.6 is 35.0 Å². The van der Waals surface area contributed by atoms with Gasteiger partial charge in [-0.05, 0) is 56.5 Å². The van der Waals surface area contributed by atoms with E-state index in [0.717, 1.165) is 11.3 Å². The van der Waals surface area contributed by atoms with E-state index in [0.29, 0.717) is 40.5 Å². The lowest BCUT2D eigenvalue weighted by Gasteiger charge is -2.21. The Kier molecular flexibility index (Phi) is 9.60. The van der Waals surface area contributed by atoms with Crippen molar-refractivity contribution >= 4 is 52.5 Å². The summed E-state index contributed by atoms with van der Waals surface area (Å²) in [4.78, 5) is 25.5. The van der Waals surface area contributed by atoms with Crippen LogP contribution < -0.4 is 10.6 Å². The van der Waals surface area contributed by atoms with Gasteiger partial charge in [0.05, 0.1) is 22.4 Å². The first kappa shape index (κ1) is 27.0. The van der Waals surface area contributed by atoms with Gasteiger partial charge < -0.3 is 15.2 Å². The van der Waals surface area contributed by atoms with Gasteiger partial charge in [0.1, 0.15) is 0 Å². The Bertz CT molecular complexity index is 1180. The first-order valence-electron chi connectivity index (χ1n) is 11.4. The molecule has 10 heteroatoms. The molecule has 0 aliphatic heterocycles. The van der Waals surface area contributed by atoms with Crippen LogP contribution in [0.1, 0.15) is 55.0 Å². The van der Waals surface area contributed by atoms with Crippen LogP contribution in [-0.2, 0) is 11.3 Å². The molecule has 0 unspecified atom stereocenters. The predicted octanol–water partition coefficient (Wildman–Crippen LogP) is 6.16. The number of nitrogens with zero attached hydrogens (tertiary/aromatic N) is 3. The third-order valence-corrected chi connectivity index (χ3v) is 6.74. The average molecular weight is 535 g/mol. The minimum Gasteiger partial charge on any atom is -0.342 e. The highest BCUT2D eigenvalue weighted by Gasteiger charge is 2.25. The molecule has 1 aromatic heterocycles. The quantitative estimate of drug-likeness (QED) is 0.304. The molecule has 7 nitrogen and oxygen atoms in total. The van der Waals surface area contributed by atoms with Crippen LogP contribution in [0.3, 0.4) is 0 Å². The lowest BCUT2D eigenvalue weighted by molar-refractivity contribution is -0.113. The SMILES string of the molecule is CCn1c(SCC(=O)Nc2ccc(C)cc2)nnc1[C@H](CC(C)C)NC(=O)c1ccc(Cl)cc1Cl. The van der Waals surface area contributed by atoms with Crippen molar-refractivity contribution in [2.24, 2.45) is 5.92 Å². The van der Waals surface area contributed by atoms with E-state index in [1.807, 2.05) is 42.7 Å². The lowest BCUT2D eigenvalue weighted by Crippen LogP contribution is -2.31. The van der Waals surface area contributed by atoms with Crippen LogP contribution in [0.25, 0.3) is 0 Å². The molecule has 2 N–H and O–H groups in total. The van der Waals surface area contributed by atoms with Crippen LogP contribution in [-0.4, -0.2) is 32.3 Å². The third-order valence-electron chi connectivity index (χ3n) is 5.23. The fourth-order valence-electron chi connectivity index (χ4n) is 3.54. The molecule has 0 aliphatic rings. The van der Waals surface area contributed by atoms with E-state index in [-0.39, 0.29) is 28.6 Å². The molecule has 186 valence electrons. The number of aromatic nitrogens is 3. The van der Waals surface area contributed by atoms with E-state index in [4.69, 9.17) is 23.2 Å². The summed E-state index contributed by atoms with van der Waals surface area (Å²) in [6.45, 7) is 8.72. The first-order valence-corrected chi connectivity index (χ1v) is 13.1. The number of thioether (sulfide) groups is 1. The molecule has 1 atom stereocenters. The average Bonchev–Trinajstić information content (AvgIpc) is 3.21. The number of anilines is 1. The largest absolute Gasteiger partial charge is 0.342 e. The van der Waals surface area contributed by atoms with Crippen molar-refractivity contribution in [2.75, 3.05) is 11.1 Å². The van der Waals surface area contributed by atoms with Crippen molar-refractivity contribution in [3.63, 3.8) is 0 Å². The summed E-state index contributed by atoms with van der Waals surface area (Å²) in [5.74, 6) is 0.679. The second kappa shape index (κ2) is 12.4. The summed E-state index contributed by atoms with van der Waals surface area (Å²) >= 11 is 13.5. The van der Waals surface area contributed by atoms with Gasteiger partial charge >= 0.3 is 0 Å². The second-order valence-electron chi connectivity index (χ2n) is 8.57. The Balaban J connectivity index is 1.74. The highest BCUT2D eigenvalue weighted by molar-refractivity contribution is 7.99. The van der Waals surface area contributed by atoms with Gasteiger partial charge in [-0.2, -0.15) is 0 Å². The van der Waals surface area contributed by atoms with Crippen molar-refractivity contribution in [3.8, 4) is 0 Å². The highest BCUT2D eigenvalue weighted by Crippen LogP contribution is 2.27. The molecule has 3 rings (SSSR count). The minimum absolute atomic E-state index is 0.129. The number of aryl methyl sites for hydroxylation is 1. The third kappa shape index (κ3) is 7.46. The van der Waals surface area contributed by atoms with Crippen LogP contribution in [0.2, 0.25) is 10.0 Å². The number of rotatable bonds is 10. The van der Waals surface area contributed by atoms with Gasteiger partial charge in [0.25, 0.3) is 5.91 Å². The molecule has 0 saturated heterocycles. The number of amides is 2. The number of benzene rings is 2. The summed E-state index contributed by atoms with van der Waals surface area (Å²) < 4.78 is 1.93. The van der Waals surface area contributed by atoms with E-state index in [1.165, 1.54) is 11.8 Å². The number of nitrogens with one attached hydrogen (secondary N) is 2. The lowest BCUT2D eigenvalue weighted by atomic mass is 10.0. The summed E-state index contributed by atoms with van der Waals surface area (Å²) in [6.07, 6.45) is 0.660. The zero-order chi connectivity index (χ0) is 25.5. The Morgan fingerprint density at radius 3 is 2.43 bits per heavy atom. The molecular weight excluding hydrogens is 505 g/mol. The molecule has 0 aliphatic carbocycles. The summed E-state index contributed by atoms with van der Waals surface area (Å²) in [7, 11) is 0. The Morgan fingerprint density at radius 2 is 1.80 bits per heavy atom. The van der Waals surface area contributed by atoms with E-state index in [9.17, 15) is 9.59 Å². The first-order chi connectivity index (χ1) is 16.7. The van der Waals surface area contributed by atoms with Crippen molar-refractivity contribution in [2.45, 2.75) is 51.9 Å². The number of carbonyl (C=O) groups excluding carboxylic acids is 2. The zero-order valence-electron chi connectivity index (χ0n) is 20.1. The second-order valence-corrected chi connectivity index (χ2v) is 10.4. The van der Waals surface area contributed by atoms with Gasteiger partial charge in [-0.3, -0.25) is 9.59 Å². The summed E-state index contributed by atoms with van der Waals surface area (Å²) in [6, 6.07) is 12.0. The maximum atomic E-state index is 13.0. The normalized spacial score (nSPS) is 12.0. The molecule has 2 aromatic carbocycles.